The van der Waals surface area contributed by atoms with Gasteiger partial charge in [0, 0.05) is 26.2 Å². The number of carbonyl (C=O) groups is 2. The Kier molecular flexibility index (Phi) is 5.75. The minimum Gasteiger partial charge on any atom is -0.455 e. The zero-order chi connectivity index (χ0) is 18.5. The van der Waals surface area contributed by atoms with Crippen LogP contribution in [0.4, 0.5) is 6.01 Å². The highest BCUT2D eigenvalue weighted by atomic mass is 16.5. The molecule has 7 heteroatoms. The molecule has 0 bridgehead atoms. The van der Waals surface area contributed by atoms with Gasteiger partial charge in [0.05, 0.1) is 5.92 Å². The number of benzene rings is 1. The number of oxazole rings is 1. The van der Waals surface area contributed by atoms with Crippen LogP contribution in [0.3, 0.4) is 0 Å². The summed E-state index contributed by atoms with van der Waals surface area (Å²) < 4.78 is 11.0. The highest BCUT2D eigenvalue weighted by molar-refractivity contribution is 5.81. The molecule has 0 spiro atoms. The van der Waals surface area contributed by atoms with Gasteiger partial charge >= 0.3 is 5.97 Å². The maximum atomic E-state index is 12.2. The lowest BCUT2D eigenvalue weighted by atomic mass is 9.97. The molecule has 140 valence electrons. The zero-order valence-electron chi connectivity index (χ0n) is 15.3. The maximum absolute atomic E-state index is 12.2. The highest BCUT2D eigenvalue weighted by Gasteiger charge is 2.28. The van der Waals surface area contributed by atoms with Gasteiger partial charge in [-0.25, -0.2) is 0 Å². The summed E-state index contributed by atoms with van der Waals surface area (Å²) in [5.41, 5.74) is 1.60. The first-order valence-electron chi connectivity index (χ1n) is 9.17. The summed E-state index contributed by atoms with van der Waals surface area (Å²) in [6, 6.07) is 8.24. The van der Waals surface area contributed by atoms with E-state index in [4.69, 9.17) is 9.15 Å². The van der Waals surface area contributed by atoms with Gasteiger partial charge in [0.25, 0.3) is 11.9 Å². The van der Waals surface area contributed by atoms with Crippen molar-refractivity contribution in [2.24, 2.45) is 5.92 Å². The van der Waals surface area contributed by atoms with Crippen LogP contribution in [0.2, 0.25) is 0 Å². The van der Waals surface area contributed by atoms with Crippen molar-refractivity contribution in [3.63, 3.8) is 0 Å². The predicted molar refractivity (Wildman–Crippen MR) is 97.8 cm³/mol. The minimum atomic E-state index is -0.289. The van der Waals surface area contributed by atoms with E-state index in [2.05, 4.69) is 4.98 Å². The number of para-hydroxylation sites is 2. The molecule has 1 aromatic carbocycles. The molecule has 0 N–H and O–H groups in total. The number of hydrogen-bond acceptors (Lipinski definition) is 6. The minimum absolute atomic E-state index is 0.146. The van der Waals surface area contributed by atoms with Crippen LogP contribution in [-0.2, 0) is 14.3 Å². The largest absolute Gasteiger partial charge is 0.455 e. The van der Waals surface area contributed by atoms with E-state index in [-0.39, 0.29) is 24.4 Å². The van der Waals surface area contributed by atoms with Gasteiger partial charge in [0.15, 0.2) is 12.2 Å². The molecular weight excluding hydrogens is 334 g/mol. The number of hydrogen-bond donors (Lipinski definition) is 0. The molecule has 2 heterocycles. The average molecular weight is 359 g/mol. The van der Waals surface area contributed by atoms with Gasteiger partial charge in [-0.1, -0.05) is 12.1 Å². The fourth-order valence-electron chi connectivity index (χ4n) is 3.22. The van der Waals surface area contributed by atoms with Crippen LogP contribution < -0.4 is 4.90 Å². The Bertz CT molecular complexity index is 728. The monoisotopic (exact) mass is 359 g/mol. The van der Waals surface area contributed by atoms with Crippen molar-refractivity contribution in [1.82, 2.24) is 9.88 Å². The van der Waals surface area contributed by atoms with Crippen molar-refractivity contribution in [1.29, 1.82) is 0 Å². The molecule has 3 rings (SSSR count). The molecular formula is C19H25N3O4. The molecule has 1 amide bonds. The number of nitrogens with zero attached hydrogens (tertiary/aromatic N) is 3. The lowest BCUT2D eigenvalue weighted by molar-refractivity contribution is -0.156. The van der Waals surface area contributed by atoms with Crippen molar-refractivity contribution in [2.75, 3.05) is 37.7 Å². The van der Waals surface area contributed by atoms with E-state index in [9.17, 15) is 9.59 Å². The molecule has 7 nitrogen and oxygen atoms in total. The summed E-state index contributed by atoms with van der Waals surface area (Å²) in [6.45, 7) is 6.24. The first-order valence-corrected chi connectivity index (χ1v) is 9.17. The number of aromatic nitrogens is 1. The highest BCUT2D eigenvalue weighted by Crippen LogP contribution is 2.26. The van der Waals surface area contributed by atoms with Crippen LogP contribution in [-0.4, -0.2) is 54.5 Å². The van der Waals surface area contributed by atoms with Gasteiger partial charge in [-0.2, -0.15) is 4.98 Å². The third-order valence-corrected chi connectivity index (χ3v) is 4.84. The Hall–Kier alpha value is -2.57. The van der Waals surface area contributed by atoms with Gasteiger partial charge in [0.1, 0.15) is 5.52 Å². The second kappa shape index (κ2) is 8.21. The molecule has 1 aliphatic rings. The Morgan fingerprint density at radius 1 is 1.23 bits per heavy atom. The van der Waals surface area contributed by atoms with Crippen molar-refractivity contribution in [3.05, 3.63) is 24.3 Å². The summed E-state index contributed by atoms with van der Waals surface area (Å²) in [7, 11) is 0. The molecule has 0 aliphatic carbocycles. The number of amides is 1. The fourth-order valence-corrected chi connectivity index (χ4v) is 3.22. The first kappa shape index (κ1) is 18.2. The molecule has 0 atom stereocenters. The predicted octanol–water partition coefficient (Wildman–Crippen LogP) is 2.46. The maximum Gasteiger partial charge on any atom is 0.309 e. The molecule has 1 aromatic heterocycles. The van der Waals surface area contributed by atoms with E-state index in [1.807, 2.05) is 43.0 Å². The van der Waals surface area contributed by atoms with E-state index in [0.29, 0.717) is 45.0 Å². The van der Waals surface area contributed by atoms with E-state index in [1.54, 1.807) is 4.90 Å². The van der Waals surface area contributed by atoms with Crippen LogP contribution in [0.25, 0.3) is 11.1 Å². The molecule has 0 unspecified atom stereocenters. The van der Waals surface area contributed by atoms with Gasteiger partial charge in [-0.05, 0) is 38.8 Å². The van der Waals surface area contributed by atoms with E-state index in [1.165, 1.54) is 0 Å². The normalized spacial score (nSPS) is 15.2. The molecule has 1 aliphatic heterocycles. The number of carbonyl (C=O) groups excluding carboxylic acids is 2. The average Bonchev–Trinajstić information content (AvgIpc) is 3.11. The van der Waals surface area contributed by atoms with Crippen LogP contribution in [0.5, 0.6) is 0 Å². The Morgan fingerprint density at radius 3 is 2.58 bits per heavy atom. The quantitative estimate of drug-likeness (QED) is 0.738. The molecule has 2 aromatic rings. The molecule has 1 saturated heterocycles. The van der Waals surface area contributed by atoms with E-state index in [0.717, 1.165) is 11.1 Å². The zero-order valence-corrected chi connectivity index (χ0v) is 15.3. The van der Waals surface area contributed by atoms with E-state index >= 15 is 0 Å². The summed E-state index contributed by atoms with van der Waals surface area (Å²) in [6.07, 6.45) is 1.33. The van der Waals surface area contributed by atoms with Crippen LogP contribution >= 0.6 is 0 Å². The lowest BCUT2D eigenvalue weighted by Gasteiger charge is -2.29. The molecule has 26 heavy (non-hydrogen) atoms. The third kappa shape index (κ3) is 3.98. The number of fused-ring (bicyclic) bond motifs is 1. The summed E-state index contributed by atoms with van der Waals surface area (Å²) >= 11 is 0. The summed E-state index contributed by atoms with van der Waals surface area (Å²) in [5, 5.41) is 0. The smallest absolute Gasteiger partial charge is 0.309 e. The molecule has 1 fully saturated rings. The Morgan fingerprint density at radius 2 is 1.92 bits per heavy atom. The van der Waals surface area contributed by atoms with Crippen molar-refractivity contribution < 1.29 is 18.7 Å². The van der Waals surface area contributed by atoms with Gasteiger partial charge in [0.2, 0.25) is 0 Å². The van der Waals surface area contributed by atoms with Crippen molar-refractivity contribution in [3.8, 4) is 0 Å². The third-order valence-electron chi connectivity index (χ3n) is 4.84. The summed E-state index contributed by atoms with van der Waals surface area (Å²) in [4.78, 5) is 32.4. The number of likely N-dealkylation sites (N-methyl/N-ethyl adjacent to an activating group) is 1. The first-order chi connectivity index (χ1) is 12.6. The Balaban J connectivity index is 1.50. The number of esters is 1. The number of ether oxygens (including phenoxy) is 1. The van der Waals surface area contributed by atoms with Crippen molar-refractivity contribution in [2.45, 2.75) is 26.7 Å². The van der Waals surface area contributed by atoms with E-state index < -0.39 is 0 Å². The van der Waals surface area contributed by atoms with Gasteiger partial charge in [-0.15, -0.1) is 0 Å². The standard InChI is InChI=1S/C19H25N3O4/c1-3-21(4-2)17(23)13-25-18(24)14-9-11-22(12-10-14)19-20-15-7-5-6-8-16(15)26-19/h5-8,14H,3-4,9-13H2,1-2H3. The second-order valence-corrected chi connectivity index (χ2v) is 6.40. The number of rotatable bonds is 6. The molecule has 0 saturated carbocycles. The summed E-state index contributed by atoms with van der Waals surface area (Å²) in [5.74, 6) is -0.616. The van der Waals surface area contributed by atoms with Gasteiger partial charge < -0.3 is 19.0 Å². The van der Waals surface area contributed by atoms with Crippen LogP contribution in [0.15, 0.2) is 28.7 Å². The lowest BCUT2D eigenvalue weighted by Crippen LogP contribution is -2.39. The van der Waals surface area contributed by atoms with Crippen molar-refractivity contribution >= 4 is 29.0 Å². The van der Waals surface area contributed by atoms with Gasteiger partial charge in [-0.3, -0.25) is 9.59 Å². The van der Waals surface area contributed by atoms with Crippen LogP contribution in [0, 0.1) is 5.92 Å². The fraction of sp³-hybridized carbons (Fsp3) is 0.526. The second-order valence-electron chi connectivity index (χ2n) is 6.40. The number of piperidine rings is 1. The Labute approximate surface area is 152 Å². The molecule has 0 radical (unpaired) electrons. The topological polar surface area (TPSA) is 75.9 Å². The number of anilines is 1. The van der Waals surface area contributed by atoms with Crippen LogP contribution in [0.1, 0.15) is 26.7 Å². The SMILES string of the molecule is CCN(CC)C(=O)COC(=O)C1CCN(c2nc3ccccc3o2)CC1.